The first-order valence-corrected chi connectivity index (χ1v) is 6.34. The van der Waals surface area contributed by atoms with Crippen LogP contribution in [0.1, 0.15) is 17.2 Å². The molecule has 1 atom stereocenters. The summed E-state index contributed by atoms with van der Waals surface area (Å²) in [7, 11) is 1.70. The summed E-state index contributed by atoms with van der Waals surface area (Å²) in [4.78, 5) is 2.26. The third-order valence-corrected chi connectivity index (χ3v) is 3.87. The van der Waals surface area contributed by atoms with E-state index in [1.165, 1.54) is 0 Å². The van der Waals surface area contributed by atoms with E-state index in [4.69, 9.17) is 33.7 Å². The van der Waals surface area contributed by atoms with Gasteiger partial charge in [-0.1, -0.05) is 23.2 Å². The quantitative estimate of drug-likeness (QED) is 0.917. The van der Waals surface area contributed by atoms with Crippen molar-refractivity contribution in [1.82, 2.24) is 4.90 Å². The Kier molecular flexibility index (Phi) is 4.28. The average molecular weight is 275 g/mol. The van der Waals surface area contributed by atoms with Gasteiger partial charge in [0.2, 0.25) is 0 Å². The van der Waals surface area contributed by atoms with E-state index in [9.17, 15) is 0 Å². The van der Waals surface area contributed by atoms with Crippen LogP contribution in [0, 0.1) is 0 Å². The molecule has 0 spiro atoms. The molecule has 17 heavy (non-hydrogen) atoms. The maximum absolute atomic E-state index is 6.24. The molecule has 0 fully saturated rings. The van der Waals surface area contributed by atoms with Crippen LogP contribution in [0.3, 0.4) is 0 Å². The molecule has 1 aliphatic rings. The highest BCUT2D eigenvalue weighted by molar-refractivity contribution is 6.34. The number of nitrogens with two attached hydrogens (primary N) is 1. The molecule has 1 aromatic carbocycles. The van der Waals surface area contributed by atoms with Crippen molar-refractivity contribution in [2.45, 2.75) is 12.6 Å². The van der Waals surface area contributed by atoms with Crippen LogP contribution in [0.25, 0.3) is 0 Å². The molecule has 0 bridgehead atoms. The zero-order valence-corrected chi connectivity index (χ0v) is 11.3. The third-order valence-electron chi connectivity index (χ3n) is 3.19. The summed E-state index contributed by atoms with van der Waals surface area (Å²) in [5.41, 5.74) is 8.03. The molecule has 0 amide bonds. The largest absolute Gasteiger partial charge is 0.383 e. The van der Waals surface area contributed by atoms with Gasteiger partial charge in [-0.2, -0.15) is 0 Å². The predicted molar refractivity (Wildman–Crippen MR) is 70.5 cm³/mol. The standard InChI is InChI=1S/C12H16Cl2N2O/c1-17-5-4-16-7-8-9(13)2-3-10(14)12(8)11(16)6-15/h2-3,11H,4-7,15H2,1H3. The molecule has 0 saturated heterocycles. The van der Waals surface area contributed by atoms with Gasteiger partial charge in [-0.25, -0.2) is 0 Å². The number of rotatable bonds is 4. The maximum Gasteiger partial charge on any atom is 0.0590 e. The van der Waals surface area contributed by atoms with Crippen molar-refractivity contribution in [3.8, 4) is 0 Å². The summed E-state index contributed by atoms with van der Waals surface area (Å²) in [5, 5.41) is 1.52. The number of nitrogens with zero attached hydrogens (tertiary/aromatic N) is 1. The van der Waals surface area contributed by atoms with Gasteiger partial charge in [0.05, 0.1) is 6.61 Å². The number of halogens is 2. The maximum atomic E-state index is 6.24. The van der Waals surface area contributed by atoms with Crippen LogP contribution in [0.4, 0.5) is 0 Å². The smallest absolute Gasteiger partial charge is 0.0590 e. The fourth-order valence-corrected chi connectivity index (χ4v) is 2.86. The van der Waals surface area contributed by atoms with E-state index < -0.39 is 0 Å². The molecule has 0 aliphatic carbocycles. The van der Waals surface area contributed by atoms with Crippen molar-refractivity contribution in [3.63, 3.8) is 0 Å². The highest BCUT2D eigenvalue weighted by Gasteiger charge is 2.32. The van der Waals surface area contributed by atoms with Crippen molar-refractivity contribution in [3.05, 3.63) is 33.3 Å². The number of hydrogen-bond donors (Lipinski definition) is 1. The molecule has 0 saturated carbocycles. The van der Waals surface area contributed by atoms with E-state index in [2.05, 4.69) is 4.90 Å². The zero-order valence-electron chi connectivity index (χ0n) is 9.75. The Labute approximate surface area is 111 Å². The van der Waals surface area contributed by atoms with Gasteiger partial charge in [-0.15, -0.1) is 0 Å². The van der Waals surface area contributed by atoms with Gasteiger partial charge in [0.25, 0.3) is 0 Å². The Morgan fingerprint density at radius 2 is 2.12 bits per heavy atom. The normalized spacial score (nSPS) is 19.6. The monoisotopic (exact) mass is 274 g/mol. The molecular formula is C12H16Cl2N2O. The number of hydrogen-bond acceptors (Lipinski definition) is 3. The lowest BCUT2D eigenvalue weighted by Gasteiger charge is -2.23. The lowest BCUT2D eigenvalue weighted by Crippen LogP contribution is -2.30. The van der Waals surface area contributed by atoms with E-state index in [1.807, 2.05) is 12.1 Å². The molecule has 1 aromatic rings. The summed E-state index contributed by atoms with van der Waals surface area (Å²) >= 11 is 12.4. The van der Waals surface area contributed by atoms with E-state index in [0.29, 0.717) is 13.2 Å². The van der Waals surface area contributed by atoms with Crippen LogP contribution in [-0.2, 0) is 11.3 Å². The van der Waals surface area contributed by atoms with Crippen molar-refractivity contribution in [2.75, 3.05) is 26.8 Å². The second kappa shape index (κ2) is 5.55. The van der Waals surface area contributed by atoms with Crippen LogP contribution in [-0.4, -0.2) is 31.7 Å². The SMILES string of the molecule is COCCN1Cc2c(Cl)ccc(Cl)c2C1CN. The summed E-state index contributed by atoms with van der Waals surface area (Å²) in [6.07, 6.45) is 0. The van der Waals surface area contributed by atoms with Gasteiger partial charge < -0.3 is 10.5 Å². The Bertz CT molecular complexity index is 412. The fraction of sp³-hybridized carbons (Fsp3) is 0.500. The Morgan fingerprint density at radius 3 is 2.76 bits per heavy atom. The molecule has 1 unspecified atom stereocenters. The molecular weight excluding hydrogens is 259 g/mol. The van der Waals surface area contributed by atoms with Crippen LogP contribution < -0.4 is 5.73 Å². The Hall–Kier alpha value is -0.320. The van der Waals surface area contributed by atoms with Crippen molar-refractivity contribution in [1.29, 1.82) is 0 Å². The number of ether oxygens (including phenoxy) is 1. The fourth-order valence-electron chi connectivity index (χ4n) is 2.34. The number of methoxy groups -OCH3 is 1. The van der Waals surface area contributed by atoms with E-state index in [1.54, 1.807) is 7.11 Å². The summed E-state index contributed by atoms with van der Waals surface area (Å²) in [5.74, 6) is 0. The summed E-state index contributed by atoms with van der Waals surface area (Å²) < 4.78 is 5.11. The van der Waals surface area contributed by atoms with Crippen LogP contribution in [0.2, 0.25) is 10.0 Å². The van der Waals surface area contributed by atoms with E-state index >= 15 is 0 Å². The molecule has 5 heteroatoms. The Balaban J connectivity index is 2.31. The van der Waals surface area contributed by atoms with E-state index in [0.717, 1.165) is 34.3 Å². The summed E-state index contributed by atoms with van der Waals surface area (Å²) in [6, 6.07) is 3.83. The molecule has 3 nitrogen and oxygen atoms in total. The molecule has 1 aliphatic heterocycles. The van der Waals surface area contributed by atoms with Gasteiger partial charge in [-0.3, -0.25) is 4.90 Å². The van der Waals surface area contributed by atoms with Gasteiger partial charge in [0.15, 0.2) is 0 Å². The highest BCUT2D eigenvalue weighted by atomic mass is 35.5. The topological polar surface area (TPSA) is 38.5 Å². The third kappa shape index (κ3) is 2.44. The van der Waals surface area contributed by atoms with Crippen LogP contribution >= 0.6 is 23.2 Å². The predicted octanol–water partition coefficient (Wildman–Crippen LogP) is 2.46. The van der Waals surface area contributed by atoms with Crippen molar-refractivity contribution in [2.24, 2.45) is 5.73 Å². The lowest BCUT2D eigenvalue weighted by atomic mass is 10.0. The molecule has 2 rings (SSSR count). The Morgan fingerprint density at radius 1 is 1.41 bits per heavy atom. The highest BCUT2D eigenvalue weighted by Crippen LogP contribution is 2.40. The second-order valence-electron chi connectivity index (χ2n) is 4.14. The minimum atomic E-state index is 0.145. The van der Waals surface area contributed by atoms with Crippen LogP contribution in [0.15, 0.2) is 12.1 Å². The van der Waals surface area contributed by atoms with Gasteiger partial charge in [-0.05, 0) is 23.3 Å². The first kappa shape index (κ1) is 13.1. The van der Waals surface area contributed by atoms with Gasteiger partial charge >= 0.3 is 0 Å². The zero-order chi connectivity index (χ0) is 12.4. The number of fused-ring (bicyclic) bond motifs is 1. The molecule has 0 aromatic heterocycles. The molecule has 94 valence electrons. The van der Waals surface area contributed by atoms with Gasteiger partial charge in [0, 0.05) is 42.8 Å². The number of benzene rings is 1. The van der Waals surface area contributed by atoms with Crippen LogP contribution in [0.5, 0.6) is 0 Å². The average Bonchev–Trinajstić information content (AvgIpc) is 2.71. The van der Waals surface area contributed by atoms with Crippen molar-refractivity contribution < 1.29 is 4.74 Å². The first-order valence-electron chi connectivity index (χ1n) is 5.58. The second-order valence-corrected chi connectivity index (χ2v) is 4.95. The van der Waals surface area contributed by atoms with Crippen molar-refractivity contribution >= 4 is 23.2 Å². The minimum absolute atomic E-state index is 0.145. The van der Waals surface area contributed by atoms with Gasteiger partial charge in [0.1, 0.15) is 0 Å². The molecule has 0 radical (unpaired) electrons. The van der Waals surface area contributed by atoms with E-state index in [-0.39, 0.29) is 6.04 Å². The molecule has 2 N–H and O–H groups in total. The first-order chi connectivity index (χ1) is 8.19. The molecule has 1 heterocycles. The lowest BCUT2D eigenvalue weighted by molar-refractivity contribution is 0.128. The minimum Gasteiger partial charge on any atom is -0.383 e. The summed E-state index contributed by atoms with van der Waals surface area (Å²) in [6.45, 7) is 2.84.